The molecule has 14 heavy (non-hydrogen) atoms. The lowest BCUT2D eigenvalue weighted by molar-refractivity contribution is -0.117. The van der Waals surface area contributed by atoms with Gasteiger partial charge in [0.1, 0.15) is 5.75 Å². The van der Waals surface area contributed by atoms with Crippen LogP contribution in [0.2, 0.25) is 0 Å². The van der Waals surface area contributed by atoms with Crippen LogP contribution in [0, 0.1) is 0 Å². The van der Waals surface area contributed by atoms with Crippen molar-refractivity contribution in [3.8, 4) is 5.75 Å². The van der Waals surface area contributed by atoms with Crippen LogP contribution in [0.25, 0.3) is 0 Å². The Hall–Kier alpha value is -1.55. The maximum Gasteiger partial charge on any atom is 0.242 e. The normalized spacial score (nSPS) is 16.1. The molecule has 74 valence electrons. The number of benzene rings is 1. The largest absolute Gasteiger partial charge is 0.497 e. The summed E-state index contributed by atoms with van der Waals surface area (Å²) in [6.45, 7) is 0.713. The lowest BCUT2D eigenvalue weighted by Gasteiger charge is -2.15. The maximum atomic E-state index is 11.4. The first-order valence-electron chi connectivity index (χ1n) is 4.52. The summed E-state index contributed by atoms with van der Waals surface area (Å²) in [7, 11) is 1.62. The zero-order valence-electron chi connectivity index (χ0n) is 7.99. The van der Waals surface area contributed by atoms with Crippen LogP contribution in [0.15, 0.2) is 24.3 Å². The zero-order chi connectivity index (χ0) is 9.97. The quantitative estimate of drug-likeness (QED) is 0.758. The van der Waals surface area contributed by atoms with Crippen molar-refractivity contribution in [3.63, 3.8) is 0 Å². The molecule has 1 aromatic rings. The first-order valence-corrected chi connectivity index (χ1v) is 4.52. The van der Waals surface area contributed by atoms with Gasteiger partial charge in [-0.15, -0.1) is 0 Å². The molecule has 1 aromatic carbocycles. The van der Waals surface area contributed by atoms with E-state index in [1.54, 1.807) is 12.1 Å². The topological polar surface area (TPSA) is 41.6 Å². The minimum Gasteiger partial charge on any atom is -0.497 e. The molecule has 4 heteroatoms. The molecule has 0 aliphatic carbocycles. The zero-order valence-corrected chi connectivity index (χ0v) is 7.99. The van der Waals surface area contributed by atoms with Gasteiger partial charge in [-0.1, -0.05) is 0 Å². The lowest BCUT2D eigenvalue weighted by atomic mass is 10.3. The highest BCUT2D eigenvalue weighted by Gasteiger charge is 2.20. The molecule has 1 N–H and O–H groups in total. The van der Waals surface area contributed by atoms with Gasteiger partial charge in [0, 0.05) is 13.0 Å². The standard InChI is InChI=1S/C10H12N2O2/c1-14-9-4-2-8(3-5-9)12-10(13)6-7-11-12/h2-5,11H,6-7H2,1H3. The molecule has 1 aliphatic heterocycles. The van der Waals surface area contributed by atoms with E-state index in [0.29, 0.717) is 13.0 Å². The second kappa shape index (κ2) is 3.67. The minimum absolute atomic E-state index is 0.107. The van der Waals surface area contributed by atoms with E-state index < -0.39 is 0 Å². The summed E-state index contributed by atoms with van der Waals surface area (Å²) in [5, 5.41) is 1.57. The van der Waals surface area contributed by atoms with E-state index in [9.17, 15) is 4.79 Å². The van der Waals surface area contributed by atoms with Crippen LogP contribution in [0.3, 0.4) is 0 Å². The summed E-state index contributed by atoms with van der Waals surface area (Å²) in [5.74, 6) is 0.899. The molecule has 1 fully saturated rings. The fraction of sp³-hybridized carbons (Fsp3) is 0.300. The smallest absolute Gasteiger partial charge is 0.242 e. The predicted octanol–water partition coefficient (Wildman–Crippen LogP) is 0.936. The Kier molecular flexibility index (Phi) is 2.37. The number of rotatable bonds is 2. The third-order valence-corrected chi connectivity index (χ3v) is 2.19. The number of ether oxygens (including phenoxy) is 1. The molecule has 2 rings (SSSR count). The molecule has 1 saturated heterocycles. The molecule has 0 unspecified atom stereocenters. The van der Waals surface area contributed by atoms with Gasteiger partial charge in [-0.2, -0.15) is 0 Å². The number of nitrogens with zero attached hydrogens (tertiary/aromatic N) is 1. The van der Waals surface area contributed by atoms with Gasteiger partial charge in [-0.25, -0.2) is 10.4 Å². The fourth-order valence-corrected chi connectivity index (χ4v) is 1.44. The first kappa shape index (κ1) is 9.02. The number of hydrogen-bond acceptors (Lipinski definition) is 3. The molecule has 0 bridgehead atoms. The van der Waals surface area contributed by atoms with E-state index in [0.717, 1.165) is 11.4 Å². The van der Waals surface area contributed by atoms with Gasteiger partial charge in [0.2, 0.25) is 5.91 Å². The average molecular weight is 192 g/mol. The van der Waals surface area contributed by atoms with Crippen molar-refractivity contribution in [2.75, 3.05) is 18.7 Å². The van der Waals surface area contributed by atoms with E-state index >= 15 is 0 Å². The number of carbonyl (C=O) groups excluding carboxylic acids is 1. The summed E-state index contributed by atoms with van der Waals surface area (Å²) in [6, 6.07) is 7.38. The molecule has 4 nitrogen and oxygen atoms in total. The number of carbonyl (C=O) groups is 1. The summed E-state index contributed by atoms with van der Waals surface area (Å²) in [6.07, 6.45) is 0.562. The third-order valence-electron chi connectivity index (χ3n) is 2.19. The SMILES string of the molecule is COc1ccc(N2NCCC2=O)cc1. The molecule has 0 atom stereocenters. The Balaban J connectivity index is 2.20. The van der Waals surface area contributed by atoms with Crippen LogP contribution in [-0.2, 0) is 4.79 Å². The van der Waals surface area contributed by atoms with Crippen molar-refractivity contribution in [1.29, 1.82) is 0 Å². The Bertz CT molecular complexity index is 334. The monoisotopic (exact) mass is 192 g/mol. The Labute approximate surface area is 82.4 Å². The molecule has 1 heterocycles. The summed E-state index contributed by atoms with van der Waals surface area (Å²) in [4.78, 5) is 11.4. The summed E-state index contributed by atoms with van der Waals surface area (Å²) < 4.78 is 5.03. The van der Waals surface area contributed by atoms with E-state index in [-0.39, 0.29) is 5.91 Å². The number of methoxy groups -OCH3 is 1. The Morgan fingerprint density at radius 3 is 2.57 bits per heavy atom. The number of nitrogens with one attached hydrogen (secondary N) is 1. The van der Waals surface area contributed by atoms with E-state index in [2.05, 4.69) is 5.43 Å². The van der Waals surface area contributed by atoms with E-state index in [1.165, 1.54) is 0 Å². The molecule has 1 aliphatic rings. The van der Waals surface area contributed by atoms with Crippen molar-refractivity contribution in [1.82, 2.24) is 5.43 Å². The van der Waals surface area contributed by atoms with Gasteiger partial charge in [-0.05, 0) is 24.3 Å². The summed E-state index contributed by atoms with van der Waals surface area (Å²) >= 11 is 0. The van der Waals surface area contributed by atoms with Gasteiger partial charge in [0.05, 0.1) is 12.8 Å². The van der Waals surface area contributed by atoms with Crippen LogP contribution in [0.1, 0.15) is 6.42 Å². The number of amides is 1. The Morgan fingerprint density at radius 1 is 1.36 bits per heavy atom. The van der Waals surface area contributed by atoms with Crippen molar-refractivity contribution < 1.29 is 9.53 Å². The molecule has 0 radical (unpaired) electrons. The first-order chi connectivity index (χ1) is 6.81. The molecule has 0 aromatic heterocycles. The molecular weight excluding hydrogens is 180 g/mol. The highest BCUT2D eigenvalue weighted by atomic mass is 16.5. The number of hydrazine groups is 1. The molecule has 0 saturated carbocycles. The van der Waals surface area contributed by atoms with E-state index in [1.807, 2.05) is 24.3 Å². The third kappa shape index (κ3) is 1.56. The van der Waals surface area contributed by atoms with Gasteiger partial charge < -0.3 is 4.74 Å². The highest BCUT2D eigenvalue weighted by molar-refractivity contribution is 5.94. The van der Waals surface area contributed by atoms with Gasteiger partial charge in [-0.3, -0.25) is 4.79 Å². The molecule has 1 amide bonds. The predicted molar refractivity (Wildman–Crippen MR) is 53.1 cm³/mol. The van der Waals surface area contributed by atoms with Crippen molar-refractivity contribution in [2.45, 2.75) is 6.42 Å². The minimum atomic E-state index is 0.107. The van der Waals surface area contributed by atoms with Gasteiger partial charge in [0.15, 0.2) is 0 Å². The van der Waals surface area contributed by atoms with E-state index in [4.69, 9.17) is 4.74 Å². The van der Waals surface area contributed by atoms with Gasteiger partial charge in [0.25, 0.3) is 0 Å². The lowest BCUT2D eigenvalue weighted by Crippen LogP contribution is -2.33. The van der Waals surface area contributed by atoms with Crippen LogP contribution >= 0.6 is 0 Å². The fourth-order valence-electron chi connectivity index (χ4n) is 1.44. The average Bonchev–Trinajstić information content (AvgIpc) is 2.65. The van der Waals surface area contributed by atoms with Gasteiger partial charge >= 0.3 is 0 Å². The second-order valence-corrected chi connectivity index (χ2v) is 3.09. The molecular formula is C10H12N2O2. The van der Waals surface area contributed by atoms with Crippen molar-refractivity contribution in [2.24, 2.45) is 0 Å². The van der Waals surface area contributed by atoms with Crippen LogP contribution in [0.5, 0.6) is 5.75 Å². The van der Waals surface area contributed by atoms with Crippen molar-refractivity contribution in [3.05, 3.63) is 24.3 Å². The number of anilines is 1. The van der Waals surface area contributed by atoms with Crippen LogP contribution in [0.4, 0.5) is 5.69 Å². The highest BCUT2D eigenvalue weighted by Crippen LogP contribution is 2.19. The molecule has 0 spiro atoms. The number of hydrogen-bond donors (Lipinski definition) is 1. The Morgan fingerprint density at radius 2 is 2.07 bits per heavy atom. The van der Waals surface area contributed by atoms with Crippen molar-refractivity contribution >= 4 is 11.6 Å². The van der Waals surface area contributed by atoms with Crippen LogP contribution < -0.4 is 15.2 Å². The maximum absolute atomic E-state index is 11.4. The second-order valence-electron chi connectivity index (χ2n) is 3.09. The summed E-state index contributed by atoms with van der Waals surface area (Å²) in [5.41, 5.74) is 3.86. The van der Waals surface area contributed by atoms with Crippen LogP contribution in [-0.4, -0.2) is 19.6 Å².